The van der Waals surface area contributed by atoms with Crippen molar-refractivity contribution in [3.63, 3.8) is 0 Å². The molecule has 0 aliphatic carbocycles. The lowest BCUT2D eigenvalue weighted by Gasteiger charge is -2.14. The smallest absolute Gasteiger partial charge is 0.126 e. The maximum atomic E-state index is 10.4. The van der Waals surface area contributed by atoms with E-state index in [1.165, 1.54) is 11.1 Å². The van der Waals surface area contributed by atoms with Gasteiger partial charge in [0.05, 0.1) is 0 Å². The molecular weight excluding hydrogens is 220 g/mol. The Morgan fingerprint density at radius 1 is 0.944 bits per heavy atom. The van der Waals surface area contributed by atoms with E-state index in [0.717, 1.165) is 16.7 Å². The Morgan fingerprint density at radius 3 is 2.28 bits per heavy atom. The molecule has 0 unspecified atom stereocenters. The van der Waals surface area contributed by atoms with Crippen LogP contribution in [0.25, 0.3) is 11.1 Å². The molecule has 0 saturated carbocycles. The van der Waals surface area contributed by atoms with Crippen LogP contribution in [0, 0.1) is 13.8 Å². The predicted octanol–water partition coefficient (Wildman–Crippen LogP) is 4.80. The number of aryl methyl sites for hydroxylation is 2. The second kappa shape index (κ2) is 4.85. The molecule has 0 aliphatic heterocycles. The van der Waals surface area contributed by atoms with Gasteiger partial charge in [-0.3, -0.25) is 0 Å². The first-order valence-electron chi connectivity index (χ1n) is 6.40. The van der Waals surface area contributed by atoms with Crippen LogP contribution in [-0.4, -0.2) is 5.11 Å². The van der Waals surface area contributed by atoms with E-state index in [1.54, 1.807) is 0 Å². The van der Waals surface area contributed by atoms with Crippen LogP contribution in [0.4, 0.5) is 0 Å². The van der Waals surface area contributed by atoms with Crippen LogP contribution in [0.1, 0.15) is 36.5 Å². The van der Waals surface area contributed by atoms with Gasteiger partial charge in [-0.1, -0.05) is 55.8 Å². The van der Waals surface area contributed by atoms with E-state index < -0.39 is 0 Å². The van der Waals surface area contributed by atoms with Crippen LogP contribution in [0.5, 0.6) is 5.75 Å². The molecule has 18 heavy (non-hydrogen) atoms. The first-order valence-corrected chi connectivity index (χ1v) is 6.40. The van der Waals surface area contributed by atoms with Gasteiger partial charge in [0.2, 0.25) is 0 Å². The van der Waals surface area contributed by atoms with Gasteiger partial charge in [-0.05, 0) is 36.5 Å². The summed E-state index contributed by atoms with van der Waals surface area (Å²) in [6, 6.07) is 12.3. The number of hydrogen-bond acceptors (Lipinski definition) is 1. The SMILES string of the molecule is Cc1ccc(-c2cccc(C(C)C)c2O)c(C)c1. The lowest BCUT2D eigenvalue weighted by molar-refractivity contribution is 0.467. The van der Waals surface area contributed by atoms with Crippen molar-refractivity contribution in [3.05, 3.63) is 53.1 Å². The maximum absolute atomic E-state index is 10.4. The van der Waals surface area contributed by atoms with Crippen molar-refractivity contribution in [3.8, 4) is 16.9 Å². The monoisotopic (exact) mass is 240 g/mol. The standard InChI is InChI=1S/C17H20O/c1-11(2)14-6-5-7-16(17(14)18)15-9-8-12(3)10-13(15)4/h5-11,18H,1-4H3. The third kappa shape index (κ3) is 2.26. The average molecular weight is 240 g/mol. The third-order valence-electron chi connectivity index (χ3n) is 3.36. The van der Waals surface area contributed by atoms with Crippen molar-refractivity contribution in [2.24, 2.45) is 0 Å². The molecule has 1 heteroatoms. The van der Waals surface area contributed by atoms with Gasteiger partial charge in [-0.25, -0.2) is 0 Å². The second-order valence-electron chi connectivity index (χ2n) is 5.22. The van der Waals surface area contributed by atoms with E-state index >= 15 is 0 Å². The lowest BCUT2D eigenvalue weighted by Crippen LogP contribution is -1.92. The van der Waals surface area contributed by atoms with Crippen LogP contribution in [0.2, 0.25) is 0 Å². The average Bonchev–Trinajstić information content (AvgIpc) is 2.30. The molecule has 1 N–H and O–H groups in total. The summed E-state index contributed by atoms with van der Waals surface area (Å²) in [5.41, 5.74) is 5.49. The number of rotatable bonds is 2. The van der Waals surface area contributed by atoms with Crippen LogP contribution < -0.4 is 0 Å². The number of phenolic OH excluding ortho intramolecular Hbond substituents is 1. The van der Waals surface area contributed by atoms with E-state index in [4.69, 9.17) is 0 Å². The highest BCUT2D eigenvalue weighted by atomic mass is 16.3. The van der Waals surface area contributed by atoms with Crippen LogP contribution >= 0.6 is 0 Å². The summed E-state index contributed by atoms with van der Waals surface area (Å²) in [6.45, 7) is 8.37. The second-order valence-corrected chi connectivity index (χ2v) is 5.22. The first-order chi connectivity index (χ1) is 8.50. The van der Waals surface area contributed by atoms with Gasteiger partial charge < -0.3 is 5.11 Å². The third-order valence-corrected chi connectivity index (χ3v) is 3.36. The molecule has 0 bridgehead atoms. The predicted molar refractivity (Wildman–Crippen MR) is 77.1 cm³/mol. The van der Waals surface area contributed by atoms with Gasteiger partial charge in [-0.2, -0.15) is 0 Å². The molecule has 0 aliphatic rings. The Bertz CT molecular complexity index is 568. The molecule has 2 aromatic carbocycles. The molecule has 94 valence electrons. The summed E-state index contributed by atoms with van der Waals surface area (Å²) in [4.78, 5) is 0. The summed E-state index contributed by atoms with van der Waals surface area (Å²) >= 11 is 0. The van der Waals surface area contributed by atoms with E-state index in [9.17, 15) is 5.11 Å². The van der Waals surface area contributed by atoms with Gasteiger partial charge in [-0.15, -0.1) is 0 Å². The zero-order valence-electron chi connectivity index (χ0n) is 11.5. The minimum Gasteiger partial charge on any atom is -0.507 e. The van der Waals surface area contributed by atoms with Crippen molar-refractivity contribution < 1.29 is 5.11 Å². The minimum absolute atomic E-state index is 0.329. The van der Waals surface area contributed by atoms with E-state index in [1.807, 2.05) is 18.2 Å². The van der Waals surface area contributed by atoms with Crippen LogP contribution in [-0.2, 0) is 0 Å². The Morgan fingerprint density at radius 2 is 1.67 bits per heavy atom. The molecule has 2 rings (SSSR count). The van der Waals surface area contributed by atoms with Gasteiger partial charge >= 0.3 is 0 Å². The molecule has 0 spiro atoms. The fraction of sp³-hybridized carbons (Fsp3) is 0.294. The van der Waals surface area contributed by atoms with Crippen molar-refractivity contribution in [2.75, 3.05) is 0 Å². The van der Waals surface area contributed by atoms with Crippen LogP contribution in [0.3, 0.4) is 0 Å². The lowest BCUT2D eigenvalue weighted by atomic mass is 9.93. The molecule has 1 nitrogen and oxygen atoms in total. The molecule has 0 atom stereocenters. The molecule has 0 saturated heterocycles. The zero-order chi connectivity index (χ0) is 13.3. The van der Waals surface area contributed by atoms with Gasteiger partial charge in [0.25, 0.3) is 0 Å². The molecule has 0 amide bonds. The quantitative estimate of drug-likeness (QED) is 0.799. The van der Waals surface area contributed by atoms with Gasteiger partial charge in [0.1, 0.15) is 5.75 Å². The first kappa shape index (κ1) is 12.7. The molecular formula is C17H20O. The van der Waals surface area contributed by atoms with E-state index in [0.29, 0.717) is 11.7 Å². The van der Waals surface area contributed by atoms with Crippen molar-refractivity contribution in [2.45, 2.75) is 33.6 Å². The van der Waals surface area contributed by atoms with E-state index in [2.05, 4.69) is 45.9 Å². The Hall–Kier alpha value is -1.76. The molecule has 2 aromatic rings. The van der Waals surface area contributed by atoms with Crippen molar-refractivity contribution >= 4 is 0 Å². The Labute approximate surface area is 109 Å². The minimum atomic E-state index is 0.329. The largest absolute Gasteiger partial charge is 0.507 e. The summed E-state index contributed by atoms with van der Waals surface area (Å²) in [6.07, 6.45) is 0. The summed E-state index contributed by atoms with van der Waals surface area (Å²) in [5.74, 6) is 0.746. The van der Waals surface area contributed by atoms with Gasteiger partial charge in [0, 0.05) is 5.56 Å². The highest BCUT2D eigenvalue weighted by molar-refractivity contribution is 5.74. The highest BCUT2D eigenvalue weighted by Gasteiger charge is 2.12. The van der Waals surface area contributed by atoms with E-state index in [-0.39, 0.29) is 0 Å². The molecule has 0 fully saturated rings. The molecule has 0 heterocycles. The number of para-hydroxylation sites is 1. The normalized spacial score (nSPS) is 10.9. The topological polar surface area (TPSA) is 20.2 Å². The fourth-order valence-electron chi connectivity index (χ4n) is 2.36. The maximum Gasteiger partial charge on any atom is 0.126 e. The number of phenols is 1. The number of aromatic hydroxyl groups is 1. The number of hydrogen-bond donors (Lipinski definition) is 1. The van der Waals surface area contributed by atoms with Crippen molar-refractivity contribution in [1.82, 2.24) is 0 Å². The highest BCUT2D eigenvalue weighted by Crippen LogP contribution is 2.37. The fourth-order valence-corrected chi connectivity index (χ4v) is 2.36. The number of benzene rings is 2. The van der Waals surface area contributed by atoms with Crippen LogP contribution in [0.15, 0.2) is 36.4 Å². The van der Waals surface area contributed by atoms with Crippen molar-refractivity contribution in [1.29, 1.82) is 0 Å². The summed E-state index contributed by atoms with van der Waals surface area (Å²) in [5, 5.41) is 10.4. The molecule has 0 aromatic heterocycles. The zero-order valence-corrected chi connectivity index (χ0v) is 11.5. The Kier molecular flexibility index (Phi) is 3.42. The summed E-state index contributed by atoms with van der Waals surface area (Å²) < 4.78 is 0. The Balaban J connectivity index is 2.61. The molecule has 0 radical (unpaired) electrons. The summed E-state index contributed by atoms with van der Waals surface area (Å²) in [7, 11) is 0. The van der Waals surface area contributed by atoms with Gasteiger partial charge in [0.15, 0.2) is 0 Å².